The number of benzene rings is 2. The fourth-order valence-electron chi connectivity index (χ4n) is 3.14. The molecule has 0 N–H and O–H groups in total. The van der Waals surface area contributed by atoms with E-state index in [0.717, 1.165) is 11.4 Å². The SMILES string of the molecule is CCn1c(SCc2csc(N(C(C)=O)c3ccccc3)n2)nc2ccccc2c1=O. The Labute approximate surface area is 182 Å². The van der Waals surface area contributed by atoms with E-state index in [9.17, 15) is 9.59 Å². The van der Waals surface area contributed by atoms with Gasteiger partial charge in [0.25, 0.3) is 5.56 Å². The van der Waals surface area contributed by atoms with Crippen molar-refractivity contribution in [1.29, 1.82) is 0 Å². The molecule has 0 aliphatic carbocycles. The maximum Gasteiger partial charge on any atom is 0.262 e. The van der Waals surface area contributed by atoms with Gasteiger partial charge < -0.3 is 0 Å². The third-order valence-electron chi connectivity index (χ3n) is 4.55. The number of fused-ring (bicyclic) bond motifs is 1. The second-order valence-electron chi connectivity index (χ2n) is 6.56. The van der Waals surface area contributed by atoms with Crippen LogP contribution in [0.2, 0.25) is 0 Å². The first-order valence-corrected chi connectivity index (χ1v) is 11.4. The van der Waals surface area contributed by atoms with Crippen LogP contribution in [0, 0.1) is 0 Å². The number of para-hydroxylation sites is 2. The van der Waals surface area contributed by atoms with E-state index in [0.29, 0.717) is 33.5 Å². The van der Waals surface area contributed by atoms with E-state index >= 15 is 0 Å². The molecule has 8 heteroatoms. The van der Waals surface area contributed by atoms with Gasteiger partial charge in [-0.25, -0.2) is 9.97 Å². The summed E-state index contributed by atoms with van der Waals surface area (Å²) in [6.45, 7) is 4.02. The smallest absolute Gasteiger partial charge is 0.262 e. The van der Waals surface area contributed by atoms with Crippen molar-refractivity contribution in [3.63, 3.8) is 0 Å². The molecule has 1 amide bonds. The minimum atomic E-state index is -0.0919. The summed E-state index contributed by atoms with van der Waals surface area (Å²) in [5, 5.41) is 3.86. The van der Waals surface area contributed by atoms with Gasteiger partial charge in [-0.2, -0.15) is 0 Å². The zero-order valence-corrected chi connectivity index (χ0v) is 18.2. The Bertz CT molecular complexity index is 1250. The van der Waals surface area contributed by atoms with Crippen LogP contribution in [-0.2, 0) is 17.1 Å². The van der Waals surface area contributed by atoms with Crippen LogP contribution in [0.1, 0.15) is 19.5 Å². The predicted molar refractivity (Wildman–Crippen MR) is 123 cm³/mol. The van der Waals surface area contributed by atoms with Crippen LogP contribution in [0.4, 0.5) is 10.8 Å². The van der Waals surface area contributed by atoms with E-state index in [-0.39, 0.29) is 11.5 Å². The fourth-order valence-corrected chi connectivity index (χ4v) is 5.09. The largest absolute Gasteiger partial charge is 0.287 e. The van der Waals surface area contributed by atoms with Crippen molar-refractivity contribution in [3.8, 4) is 0 Å². The molecular formula is C22H20N4O2S2. The monoisotopic (exact) mass is 436 g/mol. The Morgan fingerprint density at radius 3 is 2.57 bits per heavy atom. The second-order valence-corrected chi connectivity index (χ2v) is 8.34. The molecule has 0 fully saturated rings. The van der Waals surface area contributed by atoms with Crippen molar-refractivity contribution in [2.75, 3.05) is 4.90 Å². The number of thiazole rings is 1. The Hall–Kier alpha value is -2.97. The zero-order chi connectivity index (χ0) is 21.1. The van der Waals surface area contributed by atoms with Gasteiger partial charge in [0.2, 0.25) is 5.91 Å². The summed E-state index contributed by atoms with van der Waals surface area (Å²) in [4.78, 5) is 35.9. The minimum absolute atomic E-state index is 0.0311. The molecule has 152 valence electrons. The van der Waals surface area contributed by atoms with Crippen LogP contribution in [0.25, 0.3) is 10.9 Å². The zero-order valence-electron chi connectivity index (χ0n) is 16.6. The summed E-state index contributed by atoms with van der Waals surface area (Å²) in [5.41, 5.74) is 2.29. The third kappa shape index (κ3) is 4.01. The molecule has 30 heavy (non-hydrogen) atoms. The van der Waals surface area contributed by atoms with Gasteiger partial charge >= 0.3 is 0 Å². The number of hydrogen-bond acceptors (Lipinski definition) is 6. The van der Waals surface area contributed by atoms with Gasteiger partial charge in [-0.15, -0.1) is 11.3 Å². The quantitative estimate of drug-likeness (QED) is 0.319. The first-order chi connectivity index (χ1) is 14.6. The molecule has 0 saturated heterocycles. The van der Waals surface area contributed by atoms with Crippen LogP contribution in [-0.4, -0.2) is 20.4 Å². The Morgan fingerprint density at radius 2 is 1.83 bits per heavy atom. The lowest BCUT2D eigenvalue weighted by molar-refractivity contribution is -0.115. The molecule has 0 unspecified atom stereocenters. The van der Waals surface area contributed by atoms with Crippen molar-refractivity contribution in [2.24, 2.45) is 0 Å². The molecule has 4 rings (SSSR count). The van der Waals surface area contributed by atoms with E-state index in [1.165, 1.54) is 30.0 Å². The van der Waals surface area contributed by atoms with E-state index < -0.39 is 0 Å². The van der Waals surface area contributed by atoms with Crippen LogP contribution in [0.3, 0.4) is 0 Å². The average Bonchev–Trinajstić information content (AvgIpc) is 3.21. The lowest BCUT2D eigenvalue weighted by Crippen LogP contribution is -2.22. The maximum atomic E-state index is 12.8. The highest BCUT2D eigenvalue weighted by atomic mass is 32.2. The number of nitrogens with zero attached hydrogens (tertiary/aromatic N) is 4. The molecule has 6 nitrogen and oxygen atoms in total. The first kappa shape index (κ1) is 20.3. The van der Waals surface area contributed by atoms with Crippen molar-refractivity contribution >= 4 is 50.7 Å². The van der Waals surface area contributed by atoms with Gasteiger partial charge in [0.15, 0.2) is 10.3 Å². The molecule has 0 aliphatic rings. The summed E-state index contributed by atoms with van der Waals surface area (Å²) < 4.78 is 1.69. The molecule has 0 radical (unpaired) electrons. The number of carbonyl (C=O) groups is 1. The number of carbonyl (C=O) groups excluding carboxylic acids is 1. The Balaban J connectivity index is 1.59. The maximum absolute atomic E-state index is 12.8. The van der Waals surface area contributed by atoms with Crippen molar-refractivity contribution in [1.82, 2.24) is 14.5 Å². The molecule has 0 aliphatic heterocycles. The summed E-state index contributed by atoms with van der Waals surface area (Å²) in [6.07, 6.45) is 0. The minimum Gasteiger partial charge on any atom is -0.287 e. The normalized spacial score (nSPS) is 11.0. The summed E-state index contributed by atoms with van der Waals surface area (Å²) in [5.74, 6) is 0.465. The summed E-state index contributed by atoms with van der Waals surface area (Å²) >= 11 is 2.90. The van der Waals surface area contributed by atoms with Crippen LogP contribution in [0.15, 0.2) is 69.9 Å². The molecule has 0 atom stereocenters. The summed E-state index contributed by atoms with van der Waals surface area (Å²) in [7, 11) is 0. The standard InChI is InChI=1S/C22H20N4O2S2/c1-3-25-20(28)18-11-7-8-12-19(18)24-21(25)29-13-16-14-30-22(23-16)26(15(2)27)17-9-5-4-6-10-17/h4-12,14H,3,13H2,1-2H3. The van der Waals surface area contributed by atoms with Crippen LogP contribution >= 0.6 is 23.1 Å². The van der Waals surface area contributed by atoms with Crippen molar-refractivity contribution in [3.05, 3.63) is 76.0 Å². The van der Waals surface area contributed by atoms with Crippen LogP contribution in [0.5, 0.6) is 0 Å². The van der Waals surface area contributed by atoms with Crippen molar-refractivity contribution < 1.29 is 4.79 Å². The lowest BCUT2D eigenvalue weighted by atomic mass is 10.2. The van der Waals surface area contributed by atoms with Gasteiger partial charge in [0.1, 0.15) is 0 Å². The van der Waals surface area contributed by atoms with Crippen molar-refractivity contribution in [2.45, 2.75) is 31.3 Å². The Morgan fingerprint density at radius 1 is 1.10 bits per heavy atom. The molecule has 2 aromatic carbocycles. The van der Waals surface area contributed by atoms with E-state index in [1.807, 2.05) is 60.8 Å². The fraction of sp³-hybridized carbons (Fsp3) is 0.182. The highest BCUT2D eigenvalue weighted by molar-refractivity contribution is 7.98. The molecule has 0 bridgehead atoms. The van der Waals surface area contributed by atoms with Gasteiger partial charge in [-0.3, -0.25) is 19.1 Å². The third-order valence-corrected chi connectivity index (χ3v) is 6.44. The Kier molecular flexibility index (Phi) is 5.96. The molecule has 0 spiro atoms. The van der Waals surface area contributed by atoms with Gasteiger partial charge in [0, 0.05) is 24.6 Å². The molecule has 4 aromatic rings. The highest BCUT2D eigenvalue weighted by Crippen LogP contribution is 2.31. The van der Waals surface area contributed by atoms with Gasteiger partial charge in [0.05, 0.1) is 22.3 Å². The average molecular weight is 437 g/mol. The number of rotatable bonds is 6. The van der Waals surface area contributed by atoms with Gasteiger partial charge in [-0.1, -0.05) is 42.1 Å². The van der Waals surface area contributed by atoms with Gasteiger partial charge in [-0.05, 0) is 31.2 Å². The summed E-state index contributed by atoms with van der Waals surface area (Å²) in [6, 6.07) is 16.9. The lowest BCUT2D eigenvalue weighted by Gasteiger charge is -2.17. The van der Waals surface area contributed by atoms with E-state index in [4.69, 9.17) is 0 Å². The number of anilines is 2. The number of thioether (sulfide) groups is 1. The van der Waals surface area contributed by atoms with Crippen LogP contribution < -0.4 is 10.5 Å². The number of hydrogen-bond donors (Lipinski definition) is 0. The molecule has 2 aromatic heterocycles. The number of amides is 1. The molecule has 0 saturated carbocycles. The topological polar surface area (TPSA) is 68.1 Å². The second kappa shape index (κ2) is 8.81. The molecule has 2 heterocycles. The first-order valence-electron chi connectivity index (χ1n) is 9.51. The number of aromatic nitrogens is 3. The highest BCUT2D eigenvalue weighted by Gasteiger charge is 2.18. The van der Waals surface area contributed by atoms with E-state index in [1.54, 1.807) is 15.5 Å². The predicted octanol–water partition coefficient (Wildman–Crippen LogP) is 4.85. The van der Waals surface area contributed by atoms with E-state index in [2.05, 4.69) is 9.97 Å². The molecular weight excluding hydrogens is 416 g/mol.